The number of nitrogens with zero attached hydrogens (tertiary/aromatic N) is 1. The van der Waals surface area contributed by atoms with E-state index in [0.29, 0.717) is 5.02 Å². The Morgan fingerprint density at radius 2 is 2.05 bits per heavy atom. The summed E-state index contributed by atoms with van der Waals surface area (Å²) in [5, 5.41) is 0.672. The summed E-state index contributed by atoms with van der Waals surface area (Å²) in [5.74, 6) is 6.76. The molecule has 0 radical (unpaired) electrons. The van der Waals surface area contributed by atoms with Crippen molar-refractivity contribution in [2.75, 3.05) is 5.75 Å². The minimum absolute atomic E-state index is 0.0376. The van der Waals surface area contributed by atoms with E-state index in [1.54, 1.807) is 12.4 Å². The van der Waals surface area contributed by atoms with Crippen LogP contribution in [0.15, 0.2) is 47.6 Å². The third-order valence-corrected chi connectivity index (χ3v) is 4.31. The lowest BCUT2D eigenvalue weighted by molar-refractivity contribution is 0.551. The molecular formula is C15H18ClN3S. The average molecular weight is 308 g/mol. The van der Waals surface area contributed by atoms with Gasteiger partial charge in [-0.3, -0.25) is 16.3 Å². The molecule has 0 fully saturated rings. The van der Waals surface area contributed by atoms with Gasteiger partial charge in [0.05, 0.1) is 11.1 Å². The topological polar surface area (TPSA) is 50.9 Å². The van der Waals surface area contributed by atoms with E-state index in [1.165, 1.54) is 4.90 Å². The van der Waals surface area contributed by atoms with Crippen LogP contribution in [0.3, 0.4) is 0 Å². The first-order valence-corrected chi connectivity index (χ1v) is 7.88. The normalized spacial score (nSPS) is 12.3. The van der Waals surface area contributed by atoms with Gasteiger partial charge in [0.15, 0.2) is 0 Å². The molecular weight excluding hydrogens is 290 g/mol. The van der Waals surface area contributed by atoms with Crippen LogP contribution in [0.1, 0.15) is 24.1 Å². The number of halogens is 1. The summed E-state index contributed by atoms with van der Waals surface area (Å²) in [4.78, 5) is 5.27. The fraction of sp³-hybridized carbons (Fsp3) is 0.267. The van der Waals surface area contributed by atoms with E-state index in [1.807, 2.05) is 17.8 Å². The first kappa shape index (κ1) is 15.3. The van der Waals surface area contributed by atoms with Crippen LogP contribution in [0.4, 0.5) is 0 Å². The number of rotatable bonds is 6. The standard InChI is InChI=1S/C15H18ClN3S/c1-2-20-13-5-3-11(4-6-13)15(19-17)9-12-7-8-18-10-14(12)16/h3-8,10,15,19H,2,9,17H2,1H3. The molecule has 1 aromatic carbocycles. The maximum absolute atomic E-state index is 6.14. The minimum atomic E-state index is 0.0376. The van der Waals surface area contributed by atoms with E-state index in [4.69, 9.17) is 17.4 Å². The van der Waals surface area contributed by atoms with Crippen molar-refractivity contribution in [1.82, 2.24) is 10.4 Å². The number of hydrogen-bond acceptors (Lipinski definition) is 4. The third-order valence-electron chi connectivity index (χ3n) is 3.08. The van der Waals surface area contributed by atoms with Crippen molar-refractivity contribution in [3.05, 3.63) is 58.9 Å². The predicted molar refractivity (Wildman–Crippen MR) is 85.9 cm³/mol. The highest BCUT2D eigenvalue weighted by Crippen LogP contribution is 2.24. The number of hydrogen-bond donors (Lipinski definition) is 2. The van der Waals surface area contributed by atoms with Gasteiger partial charge < -0.3 is 0 Å². The maximum Gasteiger partial charge on any atom is 0.0622 e. The molecule has 1 aromatic heterocycles. The zero-order valence-electron chi connectivity index (χ0n) is 11.3. The van der Waals surface area contributed by atoms with Crippen LogP contribution < -0.4 is 11.3 Å². The zero-order chi connectivity index (χ0) is 14.4. The van der Waals surface area contributed by atoms with E-state index >= 15 is 0 Å². The van der Waals surface area contributed by atoms with Crippen molar-refractivity contribution in [2.24, 2.45) is 5.84 Å². The average Bonchev–Trinajstić information content (AvgIpc) is 2.48. The number of aromatic nitrogens is 1. The second kappa shape index (κ2) is 7.64. The van der Waals surface area contributed by atoms with Gasteiger partial charge in [-0.05, 0) is 41.5 Å². The molecule has 0 bridgehead atoms. The first-order chi connectivity index (χ1) is 9.74. The molecule has 0 saturated carbocycles. The molecule has 1 atom stereocenters. The van der Waals surface area contributed by atoms with Crippen LogP contribution in [0.5, 0.6) is 0 Å². The highest BCUT2D eigenvalue weighted by molar-refractivity contribution is 7.99. The van der Waals surface area contributed by atoms with Crippen LogP contribution >= 0.6 is 23.4 Å². The molecule has 1 unspecified atom stereocenters. The third kappa shape index (κ3) is 3.96. The fourth-order valence-corrected chi connectivity index (χ4v) is 2.88. The Labute approximate surface area is 128 Å². The Bertz CT molecular complexity index is 545. The van der Waals surface area contributed by atoms with Gasteiger partial charge in [-0.1, -0.05) is 30.7 Å². The largest absolute Gasteiger partial charge is 0.271 e. The Hall–Kier alpha value is -1.07. The number of pyridine rings is 1. The molecule has 2 rings (SSSR count). The maximum atomic E-state index is 6.14. The smallest absolute Gasteiger partial charge is 0.0622 e. The summed E-state index contributed by atoms with van der Waals surface area (Å²) in [5.41, 5.74) is 5.05. The predicted octanol–water partition coefficient (Wildman–Crippen LogP) is 3.59. The number of thioether (sulfide) groups is 1. The number of nitrogens with one attached hydrogen (secondary N) is 1. The van der Waals surface area contributed by atoms with Crippen LogP contribution in [0, 0.1) is 0 Å². The van der Waals surface area contributed by atoms with E-state index in [2.05, 4.69) is 41.6 Å². The molecule has 3 N–H and O–H groups in total. The van der Waals surface area contributed by atoms with Crippen LogP contribution in [0.2, 0.25) is 5.02 Å². The van der Waals surface area contributed by atoms with Crippen LogP contribution in [-0.4, -0.2) is 10.7 Å². The molecule has 20 heavy (non-hydrogen) atoms. The molecule has 2 aromatic rings. The monoisotopic (exact) mass is 307 g/mol. The van der Waals surface area contributed by atoms with E-state index in [-0.39, 0.29) is 6.04 Å². The number of nitrogens with two attached hydrogens (primary N) is 1. The summed E-state index contributed by atoms with van der Waals surface area (Å²) >= 11 is 7.97. The fourth-order valence-electron chi connectivity index (χ4n) is 2.03. The zero-order valence-corrected chi connectivity index (χ0v) is 12.9. The Morgan fingerprint density at radius 3 is 2.65 bits per heavy atom. The lowest BCUT2D eigenvalue weighted by Gasteiger charge is -2.17. The van der Waals surface area contributed by atoms with Crippen molar-refractivity contribution >= 4 is 23.4 Å². The SMILES string of the molecule is CCSc1ccc(C(Cc2ccncc2Cl)NN)cc1. The second-order valence-corrected chi connectivity index (χ2v) is 6.14. The summed E-state index contributed by atoms with van der Waals surface area (Å²) in [6.07, 6.45) is 4.14. The van der Waals surface area contributed by atoms with Crippen molar-refractivity contribution in [1.29, 1.82) is 0 Å². The molecule has 1 heterocycles. The molecule has 3 nitrogen and oxygen atoms in total. The van der Waals surface area contributed by atoms with E-state index < -0.39 is 0 Å². The molecule has 0 aliphatic rings. The molecule has 0 aliphatic heterocycles. The van der Waals surface area contributed by atoms with Crippen LogP contribution in [-0.2, 0) is 6.42 Å². The van der Waals surface area contributed by atoms with Crippen LogP contribution in [0.25, 0.3) is 0 Å². The highest BCUT2D eigenvalue weighted by Gasteiger charge is 2.12. The summed E-state index contributed by atoms with van der Waals surface area (Å²) in [6, 6.07) is 10.4. The van der Waals surface area contributed by atoms with E-state index in [0.717, 1.165) is 23.3 Å². The molecule has 106 valence electrons. The first-order valence-electron chi connectivity index (χ1n) is 6.52. The Kier molecular flexibility index (Phi) is 5.86. The molecule has 0 saturated heterocycles. The van der Waals surface area contributed by atoms with Gasteiger partial charge in [0.25, 0.3) is 0 Å². The van der Waals surface area contributed by atoms with Crippen molar-refractivity contribution in [3.63, 3.8) is 0 Å². The van der Waals surface area contributed by atoms with Crippen molar-refractivity contribution in [2.45, 2.75) is 24.3 Å². The van der Waals surface area contributed by atoms with Gasteiger partial charge in [-0.15, -0.1) is 11.8 Å². The van der Waals surface area contributed by atoms with Gasteiger partial charge in [0, 0.05) is 17.3 Å². The Morgan fingerprint density at radius 1 is 1.30 bits per heavy atom. The summed E-state index contributed by atoms with van der Waals surface area (Å²) in [6.45, 7) is 2.15. The van der Waals surface area contributed by atoms with Gasteiger partial charge in [0.1, 0.15) is 0 Å². The van der Waals surface area contributed by atoms with Gasteiger partial charge in [-0.2, -0.15) is 0 Å². The van der Waals surface area contributed by atoms with Crippen molar-refractivity contribution in [3.8, 4) is 0 Å². The summed E-state index contributed by atoms with van der Waals surface area (Å²) in [7, 11) is 0. The minimum Gasteiger partial charge on any atom is -0.271 e. The lowest BCUT2D eigenvalue weighted by Crippen LogP contribution is -2.29. The molecule has 0 aliphatic carbocycles. The van der Waals surface area contributed by atoms with Gasteiger partial charge in [-0.25, -0.2) is 0 Å². The number of hydrazine groups is 1. The summed E-state index contributed by atoms with van der Waals surface area (Å²) < 4.78 is 0. The van der Waals surface area contributed by atoms with Crippen molar-refractivity contribution < 1.29 is 0 Å². The molecule has 0 spiro atoms. The Balaban J connectivity index is 2.13. The molecule has 0 amide bonds. The van der Waals surface area contributed by atoms with E-state index in [9.17, 15) is 0 Å². The van der Waals surface area contributed by atoms with Gasteiger partial charge >= 0.3 is 0 Å². The molecule has 5 heteroatoms. The van der Waals surface area contributed by atoms with Gasteiger partial charge in [0.2, 0.25) is 0 Å². The number of benzene rings is 1. The highest BCUT2D eigenvalue weighted by atomic mass is 35.5. The quantitative estimate of drug-likeness (QED) is 0.486. The lowest BCUT2D eigenvalue weighted by atomic mass is 10.0. The second-order valence-electron chi connectivity index (χ2n) is 4.39.